The first-order chi connectivity index (χ1) is 18.6. The topological polar surface area (TPSA) is 107 Å². The Morgan fingerprint density at radius 3 is 2.33 bits per heavy atom. The number of carbonyl (C=O) groups excluding carboxylic acids is 2. The highest BCUT2D eigenvalue weighted by molar-refractivity contribution is 7.17. The van der Waals surface area contributed by atoms with Gasteiger partial charge in [0.15, 0.2) is 5.01 Å². The van der Waals surface area contributed by atoms with Gasteiger partial charge in [0, 0.05) is 36.5 Å². The maximum atomic E-state index is 13.5. The second kappa shape index (κ2) is 14.7. The summed E-state index contributed by atoms with van der Waals surface area (Å²) in [5.74, 6) is -0.923. The lowest BCUT2D eigenvalue weighted by Crippen LogP contribution is -2.38. The van der Waals surface area contributed by atoms with Crippen molar-refractivity contribution in [3.63, 3.8) is 0 Å². The number of hydrogen-bond donors (Lipinski definition) is 3. The number of likely N-dealkylation sites (tertiary alicyclic amines) is 1. The number of carbonyl (C=O) groups is 2. The van der Waals surface area contributed by atoms with Gasteiger partial charge in [-0.2, -0.15) is 13.2 Å². The summed E-state index contributed by atoms with van der Waals surface area (Å²) in [5, 5.41) is 14.1. The van der Waals surface area contributed by atoms with Gasteiger partial charge >= 0.3 is 6.18 Å². The molecule has 1 unspecified atom stereocenters. The maximum Gasteiger partial charge on any atom is 0.405 e. The van der Waals surface area contributed by atoms with E-state index in [-0.39, 0.29) is 27.8 Å². The third-order valence-corrected chi connectivity index (χ3v) is 6.84. The summed E-state index contributed by atoms with van der Waals surface area (Å²) in [7, 11) is 0. The summed E-state index contributed by atoms with van der Waals surface area (Å²) >= 11 is 0.848. The molecule has 0 radical (unpaired) electrons. The average molecular weight is 594 g/mol. The van der Waals surface area contributed by atoms with Crippen LogP contribution in [-0.2, 0) is 4.79 Å². The number of thiazole rings is 1. The molecule has 1 aliphatic carbocycles. The molecule has 0 bridgehead atoms. The summed E-state index contributed by atoms with van der Waals surface area (Å²) in [4.78, 5) is 32.3. The van der Waals surface area contributed by atoms with Crippen molar-refractivity contribution in [2.24, 2.45) is 0 Å². The smallest absolute Gasteiger partial charge is 0.389 e. The van der Waals surface area contributed by atoms with Crippen LogP contribution in [0.15, 0.2) is 12.3 Å². The Bertz CT molecular complexity index is 1120. The molecule has 3 N–H and O–H groups in total. The number of rotatable bonds is 8. The summed E-state index contributed by atoms with van der Waals surface area (Å²) in [6, 6.07) is 1.34. The van der Waals surface area contributed by atoms with E-state index in [0.29, 0.717) is 11.7 Å². The quantitative estimate of drug-likeness (QED) is 0.267. The first kappa shape index (κ1) is 33.3. The van der Waals surface area contributed by atoms with E-state index < -0.39 is 36.2 Å². The van der Waals surface area contributed by atoms with E-state index in [9.17, 15) is 36.6 Å². The molecule has 2 fully saturated rings. The number of hydrogen-bond acceptors (Lipinski definition) is 7. The van der Waals surface area contributed by atoms with Gasteiger partial charge in [-0.15, -0.1) is 11.3 Å². The molecule has 1 aliphatic heterocycles. The maximum absolute atomic E-state index is 13.5. The van der Waals surface area contributed by atoms with Crippen LogP contribution in [0.25, 0.3) is 10.4 Å². The van der Waals surface area contributed by atoms with Gasteiger partial charge in [0.25, 0.3) is 12.3 Å². The SMILES string of the molecule is C1CC1.CC1CCCN1C=O.Cc1nc(C(=O)NCC(C)(C)O)sc1-c1cnc(NCC(F)(F)F)cc1C(F)F. The molecule has 1 atom stereocenters. The molecule has 3 heterocycles. The standard InChI is InChI=1S/C17H19F5N4O2S.C6H11NO.C3H6/c1-8-12(29-15(26-8)14(27)25-6-16(2,3)28)10-5-23-11(4-9(10)13(18)19)24-7-17(20,21)22;1-6-3-2-4-7(6)5-8;1-2-3-1/h4-5,13,28H,6-7H2,1-3H3,(H,23,24)(H,25,27);5-6H,2-4H2,1H3;1-3H2. The van der Waals surface area contributed by atoms with E-state index in [0.717, 1.165) is 36.6 Å². The summed E-state index contributed by atoms with van der Waals surface area (Å²) in [6.07, 6.45) is 1.33. The van der Waals surface area contributed by atoms with E-state index in [1.807, 2.05) is 10.2 Å². The number of pyridine rings is 1. The fourth-order valence-electron chi connectivity index (χ4n) is 3.36. The predicted molar refractivity (Wildman–Crippen MR) is 144 cm³/mol. The number of nitrogens with zero attached hydrogens (tertiary/aromatic N) is 3. The van der Waals surface area contributed by atoms with Crippen LogP contribution in [0.1, 0.15) is 80.4 Å². The lowest BCUT2D eigenvalue weighted by atomic mass is 10.1. The van der Waals surface area contributed by atoms with E-state index >= 15 is 0 Å². The molecule has 2 amide bonds. The van der Waals surface area contributed by atoms with Crippen molar-refractivity contribution in [2.45, 2.75) is 84.0 Å². The number of aliphatic hydroxyl groups is 1. The molecule has 224 valence electrons. The van der Waals surface area contributed by atoms with E-state index in [2.05, 4.69) is 22.2 Å². The van der Waals surface area contributed by atoms with Crippen molar-refractivity contribution in [3.8, 4) is 10.4 Å². The first-order valence-corrected chi connectivity index (χ1v) is 13.7. The van der Waals surface area contributed by atoms with Crippen LogP contribution >= 0.6 is 11.3 Å². The monoisotopic (exact) mass is 593 g/mol. The fourth-order valence-corrected chi connectivity index (χ4v) is 4.37. The van der Waals surface area contributed by atoms with E-state index in [1.54, 1.807) is 0 Å². The summed E-state index contributed by atoms with van der Waals surface area (Å²) < 4.78 is 64.0. The molecule has 14 heteroatoms. The molecule has 2 aliphatic rings. The van der Waals surface area contributed by atoms with Crippen LogP contribution in [0.2, 0.25) is 0 Å². The van der Waals surface area contributed by atoms with Crippen LogP contribution in [0.3, 0.4) is 0 Å². The first-order valence-electron chi connectivity index (χ1n) is 12.9. The van der Waals surface area contributed by atoms with E-state index in [4.69, 9.17) is 0 Å². The number of aryl methyl sites for hydroxylation is 1. The second-order valence-corrected chi connectivity index (χ2v) is 11.2. The van der Waals surface area contributed by atoms with Gasteiger partial charge in [-0.25, -0.2) is 18.7 Å². The highest BCUT2D eigenvalue weighted by atomic mass is 32.1. The van der Waals surface area contributed by atoms with Gasteiger partial charge in [0.1, 0.15) is 12.4 Å². The number of nitrogens with one attached hydrogen (secondary N) is 2. The van der Waals surface area contributed by atoms with Crippen molar-refractivity contribution >= 4 is 29.5 Å². The Morgan fingerprint density at radius 2 is 1.88 bits per heavy atom. The highest BCUT2D eigenvalue weighted by Crippen LogP contribution is 2.37. The summed E-state index contributed by atoms with van der Waals surface area (Å²) in [6.45, 7) is 6.12. The van der Waals surface area contributed by atoms with Crippen molar-refractivity contribution in [1.29, 1.82) is 0 Å². The predicted octanol–water partition coefficient (Wildman–Crippen LogP) is 5.72. The van der Waals surface area contributed by atoms with Crippen molar-refractivity contribution in [2.75, 3.05) is 25.0 Å². The number of aromatic nitrogens is 2. The third kappa shape index (κ3) is 11.7. The molecular formula is C26H36F5N5O3S. The molecule has 1 saturated heterocycles. The third-order valence-electron chi connectivity index (χ3n) is 5.65. The van der Waals surface area contributed by atoms with Crippen LogP contribution in [0, 0.1) is 6.92 Å². The largest absolute Gasteiger partial charge is 0.405 e. The Morgan fingerprint density at radius 1 is 1.23 bits per heavy atom. The molecule has 0 aromatic carbocycles. The molecule has 0 spiro atoms. The lowest BCUT2D eigenvalue weighted by molar-refractivity contribution is -0.118. The highest BCUT2D eigenvalue weighted by Gasteiger charge is 2.28. The molecule has 1 saturated carbocycles. The van der Waals surface area contributed by atoms with Crippen LogP contribution in [0.5, 0.6) is 0 Å². The minimum atomic E-state index is -4.52. The Labute approximate surface area is 234 Å². The van der Waals surface area contributed by atoms with Gasteiger partial charge in [0.05, 0.1) is 16.2 Å². The average Bonchev–Trinajstić information content (AvgIpc) is 3.62. The molecule has 2 aromatic heterocycles. The molecule has 4 rings (SSSR count). The van der Waals surface area contributed by atoms with Crippen LogP contribution in [-0.4, -0.2) is 69.7 Å². The van der Waals surface area contributed by atoms with E-state index in [1.165, 1.54) is 52.9 Å². The van der Waals surface area contributed by atoms with Gasteiger partial charge in [0.2, 0.25) is 6.41 Å². The normalized spacial score (nSPS) is 16.5. The number of alkyl halides is 5. The molecule has 2 aromatic rings. The Kier molecular flexibility index (Phi) is 12.2. The van der Waals surface area contributed by atoms with Gasteiger partial charge in [-0.3, -0.25) is 9.59 Å². The second-order valence-electron chi connectivity index (χ2n) is 10.3. The van der Waals surface area contributed by atoms with Crippen LogP contribution in [0.4, 0.5) is 27.8 Å². The minimum Gasteiger partial charge on any atom is -0.389 e. The zero-order chi connectivity index (χ0) is 30.1. The number of amides is 2. The lowest BCUT2D eigenvalue weighted by Gasteiger charge is -2.16. The summed E-state index contributed by atoms with van der Waals surface area (Å²) in [5.41, 5.74) is -1.39. The van der Waals surface area contributed by atoms with Gasteiger partial charge in [-0.05, 0) is 46.6 Å². The van der Waals surface area contributed by atoms with Gasteiger partial charge < -0.3 is 20.6 Å². The molecule has 40 heavy (non-hydrogen) atoms. The van der Waals surface area contributed by atoms with Crippen molar-refractivity contribution < 1.29 is 36.6 Å². The van der Waals surface area contributed by atoms with Crippen molar-refractivity contribution in [3.05, 3.63) is 28.5 Å². The minimum absolute atomic E-state index is 0.00115. The fraction of sp³-hybridized carbons (Fsp3) is 0.615. The Balaban J connectivity index is 0.000000418. The van der Waals surface area contributed by atoms with Gasteiger partial charge in [-0.1, -0.05) is 19.3 Å². The number of anilines is 1. The Hall–Kier alpha value is -2.87. The molecule has 8 nitrogen and oxygen atoms in total. The molecular weight excluding hydrogens is 557 g/mol. The van der Waals surface area contributed by atoms with Crippen LogP contribution < -0.4 is 10.6 Å². The number of halogens is 5. The van der Waals surface area contributed by atoms with Crippen molar-refractivity contribution in [1.82, 2.24) is 20.2 Å². The zero-order valence-corrected chi connectivity index (χ0v) is 23.8. The zero-order valence-electron chi connectivity index (χ0n) is 22.9.